The lowest BCUT2D eigenvalue weighted by molar-refractivity contribution is 0.316. The summed E-state index contributed by atoms with van der Waals surface area (Å²) >= 11 is 1.71. The van der Waals surface area contributed by atoms with Gasteiger partial charge in [-0.25, -0.2) is 0 Å². The highest BCUT2D eigenvalue weighted by molar-refractivity contribution is 7.09. The Morgan fingerprint density at radius 3 is 3.17 bits per heavy atom. The summed E-state index contributed by atoms with van der Waals surface area (Å²) in [6.07, 6.45) is 0.669. The van der Waals surface area contributed by atoms with Crippen LogP contribution in [0.2, 0.25) is 0 Å². The van der Waals surface area contributed by atoms with Gasteiger partial charge in [0.05, 0.1) is 6.07 Å². The number of epoxide rings is 1. The van der Waals surface area contributed by atoms with Gasteiger partial charge >= 0.3 is 0 Å². The summed E-state index contributed by atoms with van der Waals surface area (Å²) < 4.78 is 5.27. The molecule has 1 aliphatic heterocycles. The zero-order chi connectivity index (χ0) is 8.60. The maximum atomic E-state index is 8.60. The number of ether oxygens (including phenoxy) is 1. The second-order valence-electron chi connectivity index (χ2n) is 3.20. The van der Waals surface area contributed by atoms with Crippen LogP contribution >= 0.6 is 11.3 Å². The van der Waals surface area contributed by atoms with E-state index in [0.29, 0.717) is 0 Å². The minimum absolute atomic E-state index is 0.195. The molecule has 2 unspecified atom stereocenters. The first kappa shape index (κ1) is 7.78. The van der Waals surface area contributed by atoms with Gasteiger partial charge in [-0.3, -0.25) is 0 Å². The van der Waals surface area contributed by atoms with Crippen molar-refractivity contribution in [3.05, 3.63) is 22.4 Å². The predicted octanol–water partition coefficient (Wildman–Crippen LogP) is 1.97. The van der Waals surface area contributed by atoms with Crippen LogP contribution in [0.1, 0.15) is 11.8 Å². The lowest BCUT2D eigenvalue weighted by Crippen LogP contribution is -2.11. The summed E-state index contributed by atoms with van der Waals surface area (Å²) in [5.41, 5.74) is -0.209. The molecular weight excluding hydrogens is 170 g/mol. The van der Waals surface area contributed by atoms with E-state index in [1.54, 1.807) is 11.3 Å². The van der Waals surface area contributed by atoms with E-state index in [-0.39, 0.29) is 11.7 Å². The van der Waals surface area contributed by atoms with Gasteiger partial charge in [-0.15, -0.1) is 11.3 Å². The molecule has 0 aromatic carbocycles. The van der Waals surface area contributed by atoms with Crippen molar-refractivity contribution in [2.75, 3.05) is 0 Å². The third-order valence-corrected chi connectivity index (χ3v) is 2.98. The molecule has 12 heavy (non-hydrogen) atoms. The number of hydrogen-bond acceptors (Lipinski definition) is 3. The number of nitriles is 1. The van der Waals surface area contributed by atoms with E-state index in [4.69, 9.17) is 10.00 Å². The minimum Gasteiger partial charge on any atom is -0.350 e. The Bertz CT molecular complexity index is 314. The van der Waals surface area contributed by atoms with Crippen LogP contribution in [0.15, 0.2) is 17.5 Å². The van der Waals surface area contributed by atoms with E-state index >= 15 is 0 Å². The fraction of sp³-hybridized carbons (Fsp3) is 0.444. The van der Waals surface area contributed by atoms with E-state index in [0.717, 1.165) is 6.42 Å². The van der Waals surface area contributed by atoms with Crippen LogP contribution in [0, 0.1) is 11.3 Å². The molecule has 2 rings (SSSR count). The quantitative estimate of drug-likeness (QED) is 0.651. The molecule has 2 atom stereocenters. The monoisotopic (exact) mass is 179 g/mol. The molecule has 1 saturated heterocycles. The maximum absolute atomic E-state index is 8.60. The number of rotatable bonds is 2. The van der Waals surface area contributed by atoms with Gasteiger partial charge in [-0.1, -0.05) is 6.07 Å². The van der Waals surface area contributed by atoms with Crippen molar-refractivity contribution in [3.63, 3.8) is 0 Å². The first-order chi connectivity index (χ1) is 5.74. The second-order valence-corrected chi connectivity index (χ2v) is 4.23. The Balaban J connectivity index is 2.03. The normalized spacial score (nSPS) is 32.8. The fourth-order valence-electron chi connectivity index (χ4n) is 1.29. The van der Waals surface area contributed by atoms with Gasteiger partial charge in [0.1, 0.15) is 5.60 Å². The Morgan fingerprint density at radius 2 is 2.67 bits per heavy atom. The van der Waals surface area contributed by atoms with Gasteiger partial charge in [-0.2, -0.15) is 5.26 Å². The largest absolute Gasteiger partial charge is 0.350 e. The topological polar surface area (TPSA) is 36.3 Å². The van der Waals surface area contributed by atoms with Gasteiger partial charge in [-0.05, 0) is 18.4 Å². The molecule has 0 radical (unpaired) electrons. The smallest absolute Gasteiger partial charge is 0.173 e. The number of hydrogen-bond donors (Lipinski definition) is 0. The second kappa shape index (κ2) is 2.58. The molecule has 0 N–H and O–H groups in total. The third kappa shape index (κ3) is 1.24. The highest BCUT2D eigenvalue weighted by Gasteiger charge is 2.52. The summed E-state index contributed by atoms with van der Waals surface area (Å²) in [7, 11) is 0. The highest BCUT2D eigenvalue weighted by Crippen LogP contribution is 2.39. The first-order valence-electron chi connectivity index (χ1n) is 3.84. The van der Waals surface area contributed by atoms with Crippen LogP contribution in [-0.2, 0) is 11.2 Å². The zero-order valence-corrected chi connectivity index (χ0v) is 7.60. The SMILES string of the molecule is CC1(Cc2cccs2)OC1C#N. The standard InChI is InChI=1S/C9H9NOS/c1-9(8(6-10)11-9)5-7-3-2-4-12-7/h2-4,8H,5H2,1H3. The molecule has 1 aromatic heterocycles. The Morgan fingerprint density at radius 1 is 1.83 bits per heavy atom. The molecule has 62 valence electrons. The van der Waals surface area contributed by atoms with Crippen LogP contribution in [-0.4, -0.2) is 11.7 Å². The summed E-state index contributed by atoms with van der Waals surface area (Å²) in [4.78, 5) is 1.29. The van der Waals surface area contributed by atoms with Gasteiger partial charge in [0.25, 0.3) is 0 Å². The number of nitrogens with zero attached hydrogens (tertiary/aromatic N) is 1. The van der Waals surface area contributed by atoms with Crippen LogP contribution in [0.3, 0.4) is 0 Å². The van der Waals surface area contributed by atoms with Crippen LogP contribution in [0.25, 0.3) is 0 Å². The van der Waals surface area contributed by atoms with Crippen molar-refractivity contribution in [3.8, 4) is 6.07 Å². The fourth-order valence-corrected chi connectivity index (χ4v) is 2.15. The van der Waals surface area contributed by atoms with E-state index < -0.39 is 0 Å². The minimum atomic E-state index is -0.209. The van der Waals surface area contributed by atoms with Crippen LogP contribution < -0.4 is 0 Å². The molecule has 2 heterocycles. The molecule has 1 aliphatic rings. The van der Waals surface area contributed by atoms with Crippen molar-refractivity contribution in [2.45, 2.75) is 25.0 Å². The van der Waals surface area contributed by atoms with E-state index in [1.807, 2.05) is 18.4 Å². The number of thiophene rings is 1. The van der Waals surface area contributed by atoms with Gasteiger partial charge in [0.15, 0.2) is 6.10 Å². The van der Waals surface area contributed by atoms with Crippen LogP contribution in [0.4, 0.5) is 0 Å². The lowest BCUT2D eigenvalue weighted by atomic mass is 10.0. The molecular formula is C9H9NOS. The van der Waals surface area contributed by atoms with E-state index in [1.165, 1.54) is 4.88 Å². The van der Waals surface area contributed by atoms with Crippen molar-refractivity contribution < 1.29 is 4.74 Å². The summed E-state index contributed by atoms with van der Waals surface area (Å²) in [6.45, 7) is 1.99. The third-order valence-electron chi connectivity index (χ3n) is 2.11. The Labute approximate surface area is 75.4 Å². The Hall–Kier alpha value is -0.850. The van der Waals surface area contributed by atoms with Gasteiger partial charge < -0.3 is 4.74 Å². The molecule has 0 bridgehead atoms. The average Bonchev–Trinajstić information content (AvgIpc) is 2.48. The average molecular weight is 179 g/mol. The van der Waals surface area contributed by atoms with Crippen LogP contribution in [0.5, 0.6) is 0 Å². The van der Waals surface area contributed by atoms with E-state index in [2.05, 4.69) is 12.1 Å². The Kier molecular flexibility index (Phi) is 1.67. The predicted molar refractivity (Wildman–Crippen MR) is 46.9 cm³/mol. The summed E-state index contributed by atoms with van der Waals surface area (Å²) in [5.74, 6) is 0. The molecule has 0 amide bonds. The molecule has 0 saturated carbocycles. The molecule has 1 fully saturated rings. The molecule has 1 aromatic rings. The van der Waals surface area contributed by atoms with Crippen molar-refractivity contribution in [2.24, 2.45) is 0 Å². The highest BCUT2D eigenvalue weighted by atomic mass is 32.1. The van der Waals surface area contributed by atoms with Gasteiger partial charge in [0.2, 0.25) is 0 Å². The zero-order valence-electron chi connectivity index (χ0n) is 6.78. The molecule has 0 spiro atoms. The van der Waals surface area contributed by atoms with Gasteiger partial charge in [0, 0.05) is 11.3 Å². The molecule has 0 aliphatic carbocycles. The lowest BCUT2D eigenvalue weighted by Gasteiger charge is -2.00. The molecule has 2 nitrogen and oxygen atoms in total. The maximum Gasteiger partial charge on any atom is 0.173 e. The van der Waals surface area contributed by atoms with Crippen molar-refractivity contribution >= 4 is 11.3 Å². The summed E-state index contributed by atoms with van der Waals surface area (Å²) in [5, 5.41) is 10.6. The van der Waals surface area contributed by atoms with Crippen molar-refractivity contribution in [1.82, 2.24) is 0 Å². The summed E-state index contributed by atoms with van der Waals surface area (Å²) in [6, 6.07) is 6.22. The molecule has 3 heteroatoms. The first-order valence-corrected chi connectivity index (χ1v) is 4.72. The van der Waals surface area contributed by atoms with Crippen molar-refractivity contribution in [1.29, 1.82) is 5.26 Å². The van der Waals surface area contributed by atoms with E-state index in [9.17, 15) is 0 Å².